The van der Waals surface area contributed by atoms with Crippen molar-refractivity contribution >= 4 is 10.9 Å². The number of aromatic nitrogens is 3. The van der Waals surface area contributed by atoms with Gasteiger partial charge in [0.1, 0.15) is 0 Å². The highest BCUT2D eigenvalue weighted by atomic mass is 15.1. The molecule has 3 heteroatoms. The second-order valence-electron chi connectivity index (χ2n) is 1.83. The topological polar surface area (TPSA) is 41.6 Å². The van der Waals surface area contributed by atoms with E-state index in [1.54, 1.807) is 18.6 Å². The molecule has 0 aromatic carbocycles. The Morgan fingerprint density at radius 2 is 2.09 bits per heavy atom. The molecule has 0 saturated carbocycles. The van der Waals surface area contributed by atoms with E-state index >= 15 is 0 Å². The first-order valence-corrected chi connectivity index (χ1v) is 3.70. The number of aromatic amines is 1. The van der Waals surface area contributed by atoms with E-state index in [1.807, 2.05) is 19.9 Å². The van der Waals surface area contributed by atoms with Crippen LogP contribution in [0.25, 0.3) is 10.9 Å². The smallest absolute Gasteiger partial charge is 0.0833 e. The number of nitrogens with zero attached hydrogens (tertiary/aromatic N) is 2. The number of nitrogens with one attached hydrogen (secondary N) is 1. The first-order valence-electron chi connectivity index (χ1n) is 3.70. The van der Waals surface area contributed by atoms with Gasteiger partial charge in [-0.3, -0.25) is 10.1 Å². The van der Waals surface area contributed by atoms with Gasteiger partial charge in [-0.1, -0.05) is 13.8 Å². The quantitative estimate of drug-likeness (QED) is 0.622. The summed E-state index contributed by atoms with van der Waals surface area (Å²) in [4.78, 5) is 3.91. The molecule has 2 aromatic rings. The molecule has 0 saturated heterocycles. The van der Waals surface area contributed by atoms with Crippen LogP contribution in [0.3, 0.4) is 0 Å². The molecule has 0 spiro atoms. The third-order valence-corrected chi connectivity index (χ3v) is 1.24. The summed E-state index contributed by atoms with van der Waals surface area (Å²) in [5, 5.41) is 7.75. The fourth-order valence-electron chi connectivity index (χ4n) is 0.783. The molecule has 0 amide bonds. The predicted molar refractivity (Wildman–Crippen MR) is 45.2 cm³/mol. The highest BCUT2D eigenvalue weighted by Crippen LogP contribution is 2.04. The lowest BCUT2D eigenvalue weighted by Crippen LogP contribution is -1.69. The SMILES string of the molecule is CC.c1cc2cn[nH]c2cn1. The normalized spacial score (nSPS) is 8.91. The molecule has 0 fully saturated rings. The number of pyridine rings is 1. The summed E-state index contributed by atoms with van der Waals surface area (Å²) in [6, 6.07) is 1.92. The van der Waals surface area contributed by atoms with Crippen LogP contribution >= 0.6 is 0 Å². The van der Waals surface area contributed by atoms with Crippen molar-refractivity contribution in [2.45, 2.75) is 13.8 Å². The van der Waals surface area contributed by atoms with E-state index < -0.39 is 0 Å². The van der Waals surface area contributed by atoms with Gasteiger partial charge in [-0.05, 0) is 6.07 Å². The lowest BCUT2D eigenvalue weighted by Gasteiger charge is -1.80. The Labute approximate surface area is 65.5 Å². The van der Waals surface area contributed by atoms with Crippen LogP contribution in [0.5, 0.6) is 0 Å². The van der Waals surface area contributed by atoms with E-state index in [0.29, 0.717) is 0 Å². The van der Waals surface area contributed by atoms with Gasteiger partial charge in [0.15, 0.2) is 0 Å². The third kappa shape index (κ3) is 1.55. The Morgan fingerprint density at radius 3 is 2.82 bits per heavy atom. The Balaban J connectivity index is 0.000000281. The van der Waals surface area contributed by atoms with E-state index in [1.165, 1.54) is 0 Å². The van der Waals surface area contributed by atoms with Gasteiger partial charge >= 0.3 is 0 Å². The molecule has 2 aromatic heterocycles. The highest BCUT2D eigenvalue weighted by Gasteiger charge is 1.89. The average molecular weight is 149 g/mol. The van der Waals surface area contributed by atoms with Crippen LogP contribution in [-0.4, -0.2) is 15.2 Å². The van der Waals surface area contributed by atoms with Crippen molar-refractivity contribution < 1.29 is 0 Å². The standard InChI is InChI=1S/C6H5N3.C2H6/c1-2-7-4-6-5(1)3-8-9-6;1-2/h1-4H,(H,8,9);1-2H3. The van der Waals surface area contributed by atoms with Crippen molar-refractivity contribution in [3.8, 4) is 0 Å². The van der Waals surface area contributed by atoms with E-state index in [0.717, 1.165) is 10.9 Å². The van der Waals surface area contributed by atoms with Crippen LogP contribution < -0.4 is 0 Å². The number of hydrogen-bond donors (Lipinski definition) is 1. The van der Waals surface area contributed by atoms with Crippen LogP contribution in [0.15, 0.2) is 24.7 Å². The fourth-order valence-corrected chi connectivity index (χ4v) is 0.783. The Hall–Kier alpha value is -1.38. The lowest BCUT2D eigenvalue weighted by molar-refractivity contribution is 1.11. The molecule has 3 nitrogen and oxygen atoms in total. The van der Waals surface area contributed by atoms with Gasteiger partial charge in [0.2, 0.25) is 0 Å². The van der Waals surface area contributed by atoms with Crippen molar-refractivity contribution in [2.75, 3.05) is 0 Å². The van der Waals surface area contributed by atoms with E-state index in [2.05, 4.69) is 15.2 Å². The predicted octanol–water partition coefficient (Wildman–Crippen LogP) is 1.98. The van der Waals surface area contributed by atoms with Gasteiger partial charge in [-0.15, -0.1) is 0 Å². The third-order valence-electron chi connectivity index (χ3n) is 1.24. The van der Waals surface area contributed by atoms with Gasteiger partial charge in [0.05, 0.1) is 17.9 Å². The number of rotatable bonds is 0. The number of fused-ring (bicyclic) bond motifs is 1. The monoisotopic (exact) mass is 149 g/mol. The summed E-state index contributed by atoms with van der Waals surface area (Å²) >= 11 is 0. The summed E-state index contributed by atoms with van der Waals surface area (Å²) in [7, 11) is 0. The molecule has 11 heavy (non-hydrogen) atoms. The minimum Gasteiger partial charge on any atom is -0.276 e. The molecule has 2 rings (SSSR count). The summed E-state index contributed by atoms with van der Waals surface area (Å²) in [5.41, 5.74) is 0.984. The largest absolute Gasteiger partial charge is 0.276 e. The molecule has 0 radical (unpaired) electrons. The molecule has 0 unspecified atom stereocenters. The number of hydrogen-bond acceptors (Lipinski definition) is 2. The molecular formula is C8H11N3. The highest BCUT2D eigenvalue weighted by molar-refractivity contribution is 5.76. The average Bonchev–Trinajstić information content (AvgIpc) is 2.55. The molecule has 58 valence electrons. The Kier molecular flexibility index (Phi) is 2.60. The van der Waals surface area contributed by atoms with Crippen molar-refractivity contribution in [2.24, 2.45) is 0 Å². The number of H-pyrrole nitrogens is 1. The second-order valence-corrected chi connectivity index (χ2v) is 1.83. The summed E-state index contributed by atoms with van der Waals surface area (Å²) in [6.45, 7) is 4.00. The molecule has 1 N–H and O–H groups in total. The van der Waals surface area contributed by atoms with Gasteiger partial charge in [0.25, 0.3) is 0 Å². The lowest BCUT2D eigenvalue weighted by atomic mass is 10.3. The molecule has 0 aliphatic carbocycles. The maximum atomic E-state index is 3.91. The molecule has 0 bridgehead atoms. The first-order chi connectivity index (χ1) is 5.47. The molecule has 0 aliphatic heterocycles. The maximum absolute atomic E-state index is 3.91. The second kappa shape index (κ2) is 3.71. The van der Waals surface area contributed by atoms with Gasteiger partial charge in [-0.2, -0.15) is 5.10 Å². The van der Waals surface area contributed by atoms with E-state index in [-0.39, 0.29) is 0 Å². The summed E-state index contributed by atoms with van der Waals surface area (Å²) in [6.07, 6.45) is 5.28. The van der Waals surface area contributed by atoms with Gasteiger partial charge < -0.3 is 0 Å². The van der Waals surface area contributed by atoms with Crippen molar-refractivity contribution in [1.29, 1.82) is 0 Å². The molecule has 0 aliphatic rings. The van der Waals surface area contributed by atoms with E-state index in [4.69, 9.17) is 0 Å². The maximum Gasteiger partial charge on any atom is 0.0833 e. The Morgan fingerprint density at radius 1 is 1.27 bits per heavy atom. The molecule has 2 heterocycles. The van der Waals surface area contributed by atoms with Crippen LogP contribution in [-0.2, 0) is 0 Å². The summed E-state index contributed by atoms with van der Waals surface area (Å²) in [5.74, 6) is 0. The zero-order chi connectivity index (χ0) is 8.10. The minimum atomic E-state index is 0.984. The van der Waals surface area contributed by atoms with Crippen LogP contribution in [0, 0.1) is 0 Å². The zero-order valence-electron chi connectivity index (χ0n) is 6.70. The van der Waals surface area contributed by atoms with Crippen molar-refractivity contribution in [1.82, 2.24) is 15.2 Å². The van der Waals surface area contributed by atoms with Gasteiger partial charge in [0, 0.05) is 11.6 Å². The van der Waals surface area contributed by atoms with Gasteiger partial charge in [-0.25, -0.2) is 0 Å². The molecule has 0 atom stereocenters. The summed E-state index contributed by atoms with van der Waals surface area (Å²) < 4.78 is 0. The van der Waals surface area contributed by atoms with Crippen molar-refractivity contribution in [3.05, 3.63) is 24.7 Å². The zero-order valence-corrected chi connectivity index (χ0v) is 6.70. The van der Waals surface area contributed by atoms with Crippen LogP contribution in [0.1, 0.15) is 13.8 Å². The first kappa shape index (κ1) is 7.72. The van der Waals surface area contributed by atoms with E-state index in [9.17, 15) is 0 Å². The Bertz CT molecular complexity index is 283. The fraction of sp³-hybridized carbons (Fsp3) is 0.250. The van der Waals surface area contributed by atoms with Crippen LogP contribution in [0.2, 0.25) is 0 Å². The molecular weight excluding hydrogens is 138 g/mol. The minimum absolute atomic E-state index is 0.984. The van der Waals surface area contributed by atoms with Crippen LogP contribution in [0.4, 0.5) is 0 Å². The van der Waals surface area contributed by atoms with Crippen molar-refractivity contribution in [3.63, 3.8) is 0 Å².